The second kappa shape index (κ2) is 24.8. The molecule has 0 aromatic heterocycles. The van der Waals surface area contributed by atoms with E-state index in [0.717, 1.165) is 6.42 Å². The van der Waals surface area contributed by atoms with E-state index in [1.54, 1.807) is 0 Å². The summed E-state index contributed by atoms with van der Waals surface area (Å²) in [4.78, 5) is 1.85. The fourth-order valence-corrected chi connectivity index (χ4v) is 3.60. The Morgan fingerprint density at radius 2 is 1.23 bits per heavy atom. The number of aliphatic hydroxyl groups excluding tert-OH is 3. The first-order valence-corrected chi connectivity index (χ1v) is 12.6. The fraction of sp³-hybridized carbons (Fsp3) is 0.920. The van der Waals surface area contributed by atoms with Crippen molar-refractivity contribution in [2.45, 2.75) is 103 Å². The normalized spacial score (nSPS) is 13.0. The highest BCUT2D eigenvalue weighted by Gasteiger charge is 2.11. The van der Waals surface area contributed by atoms with Gasteiger partial charge in [-0.3, -0.25) is 4.90 Å². The van der Waals surface area contributed by atoms with E-state index in [1.165, 1.54) is 83.5 Å². The Morgan fingerprint density at radius 3 is 1.77 bits per heavy atom. The van der Waals surface area contributed by atoms with Crippen LogP contribution in [0.3, 0.4) is 0 Å². The van der Waals surface area contributed by atoms with E-state index in [4.69, 9.17) is 14.9 Å². The molecule has 0 aromatic carbocycles. The largest absolute Gasteiger partial charge is 0.395 e. The van der Waals surface area contributed by atoms with Gasteiger partial charge >= 0.3 is 0 Å². The minimum atomic E-state index is -0.572. The molecule has 0 amide bonds. The Balaban J connectivity index is 3.31. The quantitative estimate of drug-likeness (QED) is 0.153. The molecular weight excluding hydrogens is 378 g/mol. The smallest absolute Gasteiger partial charge is 0.0900 e. The Bertz CT molecular complexity index is 346. The lowest BCUT2D eigenvalue weighted by atomic mass is 10.1. The highest BCUT2D eigenvalue weighted by molar-refractivity contribution is 4.81. The van der Waals surface area contributed by atoms with Gasteiger partial charge in [-0.1, -0.05) is 76.9 Å². The molecule has 0 aliphatic rings. The molecule has 3 N–H and O–H groups in total. The van der Waals surface area contributed by atoms with Gasteiger partial charge < -0.3 is 20.1 Å². The maximum Gasteiger partial charge on any atom is 0.0900 e. The molecule has 5 heteroatoms. The van der Waals surface area contributed by atoms with E-state index in [-0.39, 0.29) is 13.2 Å². The number of hydrogen-bond acceptors (Lipinski definition) is 5. The molecule has 0 bridgehead atoms. The van der Waals surface area contributed by atoms with Gasteiger partial charge in [-0.2, -0.15) is 0 Å². The highest BCUT2D eigenvalue weighted by Crippen LogP contribution is 2.10. The number of hydrogen-bond donors (Lipinski definition) is 3. The van der Waals surface area contributed by atoms with Crippen molar-refractivity contribution in [1.29, 1.82) is 0 Å². The molecule has 0 saturated heterocycles. The van der Waals surface area contributed by atoms with Crippen molar-refractivity contribution in [3.05, 3.63) is 12.2 Å². The van der Waals surface area contributed by atoms with Crippen LogP contribution in [0.5, 0.6) is 0 Å². The molecule has 0 aromatic rings. The van der Waals surface area contributed by atoms with Crippen LogP contribution >= 0.6 is 0 Å². The van der Waals surface area contributed by atoms with Crippen LogP contribution in [-0.2, 0) is 4.74 Å². The first-order chi connectivity index (χ1) is 14.7. The summed E-state index contributed by atoms with van der Waals surface area (Å²) in [6.07, 6.45) is 22.3. The molecule has 1 unspecified atom stereocenters. The monoisotopic (exact) mass is 429 g/mol. The topological polar surface area (TPSA) is 73.2 Å². The number of rotatable bonds is 24. The standard InChI is InChI=1S/C25H51NO4/c1-2-3-4-5-6-7-8-9-10-11-12-13-14-15-16-17-22-30-24-25(29)23-26(18-20-27)19-21-28/h9-10,25,27-29H,2-8,11-24H2,1H3. The first-order valence-electron chi connectivity index (χ1n) is 12.6. The molecule has 0 rings (SSSR count). The average Bonchev–Trinajstić information content (AvgIpc) is 2.73. The first kappa shape index (κ1) is 29.5. The zero-order valence-electron chi connectivity index (χ0n) is 19.8. The van der Waals surface area contributed by atoms with Crippen molar-refractivity contribution < 1.29 is 20.1 Å². The molecule has 0 aliphatic carbocycles. The zero-order valence-corrected chi connectivity index (χ0v) is 19.8. The molecule has 0 radical (unpaired) electrons. The van der Waals surface area contributed by atoms with Gasteiger partial charge in [-0.05, 0) is 32.1 Å². The van der Waals surface area contributed by atoms with Crippen LogP contribution in [0.2, 0.25) is 0 Å². The Labute approximate surface area is 186 Å². The minimum absolute atomic E-state index is 0.0308. The van der Waals surface area contributed by atoms with E-state index < -0.39 is 6.10 Å². The number of ether oxygens (including phenoxy) is 1. The third-order valence-corrected chi connectivity index (χ3v) is 5.41. The van der Waals surface area contributed by atoms with Crippen LogP contribution in [0.1, 0.15) is 96.8 Å². The Hall–Kier alpha value is -0.460. The highest BCUT2D eigenvalue weighted by atomic mass is 16.5. The van der Waals surface area contributed by atoms with Crippen LogP contribution in [0.15, 0.2) is 12.2 Å². The molecule has 0 saturated carbocycles. The predicted octanol–water partition coefficient (Wildman–Crippen LogP) is 4.69. The van der Waals surface area contributed by atoms with Crippen molar-refractivity contribution in [3.8, 4) is 0 Å². The maximum absolute atomic E-state index is 9.97. The van der Waals surface area contributed by atoms with Crippen molar-refractivity contribution in [1.82, 2.24) is 4.90 Å². The summed E-state index contributed by atoms with van der Waals surface area (Å²) < 4.78 is 5.56. The third kappa shape index (κ3) is 22.2. The molecule has 0 fully saturated rings. The molecule has 0 spiro atoms. The Kier molecular flexibility index (Phi) is 24.4. The van der Waals surface area contributed by atoms with Gasteiger partial charge in [0.05, 0.1) is 25.9 Å². The number of unbranched alkanes of at least 4 members (excludes halogenated alkanes) is 12. The van der Waals surface area contributed by atoms with Crippen LogP contribution in [-0.4, -0.2) is 72.4 Å². The molecular formula is C25H51NO4. The van der Waals surface area contributed by atoms with Gasteiger partial charge in [0.25, 0.3) is 0 Å². The summed E-state index contributed by atoms with van der Waals surface area (Å²) in [6.45, 7) is 4.69. The van der Waals surface area contributed by atoms with Crippen LogP contribution in [0.4, 0.5) is 0 Å². The van der Waals surface area contributed by atoms with Gasteiger partial charge in [-0.15, -0.1) is 0 Å². The molecule has 30 heavy (non-hydrogen) atoms. The summed E-state index contributed by atoms with van der Waals surface area (Å²) in [5.74, 6) is 0. The van der Waals surface area contributed by atoms with Gasteiger partial charge in [0.15, 0.2) is 0 Å². The van der Waals surface area contributed by atoms with Gasteiger partial charge in [0.2, 0.25) is 0 Å². The van der Waals surface area contributed by atoms with Crippen LogP contribution in [0.25, 0.3) is 0 Å². The van der Waals surface area contributed by atoms with E-state index in [9.17, 15) is 5.11 Å². The van der Waals surface area contributed by atoms with Crippen molar-refractivity contribution in [2.75, 3.05) is 46.1 Å². The lowest BCUT2D eigenvalue weighted by molar-refractivity contribution is 0.0103. The Morgan fingerprint density at radius 1 is 0.733 bits per heavy atom. The summed E-state index contributed by atoms with van der Waals surface area (Å²) in [5, 5.41) is 27.9. The van der Waals surface area contributed by atoms with Gasteiger partial charge in [-0.25, -0.2) is 0 Å². The van der Waals surface area contributed by atoms with Gasteiger partial charge in [0, 0.05) is 26.2 Å². The lowest BCUT2D eigenvalue weighted by Crippen LogP contribution is -2.38. The van der Waals surface area contributed by atoms with E-state index in [1.807, 2.05) is 4.90 Å². The molecule has 0 aliphatic heterocycles. The number of allylic oxidation sites excluding steroid dienone is 2. The van der Waals surface area contributed by atoms with E-state index >= 15 is 0 Å². The van der Waals surface area contributed by atoms with Crippen molar-refractivity contribution in [3.63, 3.8) is 0 Å². The number of aliphatic hydroxyl groups is 3. The lowest BCUT2D eigenvalue weighted by Gasteiger charge is -2.23. The van der Waals surface area contributed by atoms with Gasteiger partial charge in [0.1, 0.15) is 0 Å². The summed E-state index contributed by atoms with van der Waals surface area (Å²) in [6, 6.07) is 0. The fourth-order valence-electron chi connectivity index (χ4n) is 3.60. The molecule has 5 nitrogen and oxygen atoms in total. The second-order valence-electron chi connectivity index (χ2n) is 8.41. The third-order valence-electron chi connectivity index (χ3n) is 5.41. The summed E-state index contributed by atoms with van der Waals surface area (Å²) in [7, 11) is 0. The predicted molar refractivity (Wildman–Crippen MR) is 127 cm³/mol. The number of nitrogens with zero attached hydrogens (tertiary/aromatic N) is 1. The molecule has 180 valence electrons. The van der Waals surface area contributed by atoms with Crippen molar-refractivity contribution in [2.24, 2.45) is 0 Å². The minimum Gasteiger partial charge on any atom is -0.395 e. The summed E-state index contributed by atoms with van der Waals surface area (Å²) >= 11 is 0. The van der Waals surface area contributed by atoms with Crippen molar-refractivity contribution >= 4 is 0 Å². The molecule has 0 heterocycles. The van der Waals surface area contributed by atoms with Crippen LogP contribution in [0, 0.1) is 0 Å². The molecule has 1 atom stereocenters. The van der Waals surface area contributed by atoms with E-state index in [2.05, 4.69) is 19.1 Å². The van der Waals surface area contributed by atoms with E-state index in [0.29, 0.717) is 32.8 Å². The zero-order chi connectivity index (χ0) is 22.1. The van der Waals surface area contributed by atoms with Crippen LogP contribution < -0.4 is 0 Å². The SMILES string of the molecule is CCCCCCCCC=CCCCCCCCCOCC(O)CN(CCO)CCO. The second-order valence-corrected chi connectivity index (χ2v) is 8.41. The average molecular weight is 430 g/mol. The summed E-state index contributed by atoms with van der Waals surface area (Å²) in [5.41, 5.74) is 0. The maximum atomic E-state index is 9.97.